The van der Waals surface area contributed by atoms with Crippen molar-refractivity contribution in [1.82, 2.24) is 10.6 Å². The minimum Gasteiger partial charge on any atom is -0.507 e. The summed E-state index contributed by atoms with van der Waals surface area (Å²) in [6, 6.07) is 19.1. The quantitative estimate of drug-likeness (QED) is 0.263. The number of rotatable bonds is 0. The first-order chi connectivity index (χ1) is 21.9. The molecule has 0 fully saturated rings. The van der Waals surface area contributed by atoms with Crippen LogP contribution in [0.3, 0.4) is 0 Å². The molecular formula is C36H39N2O7. The molecular weight excluding hydrogens is 572 g/mol. The van der Waals surface area contributed by atoms with Gasteiger partial charge in [0, 0.05) is 50.3 Å². The molecule has 0 aliphatic carbocycles. The van der Waals surface area contributed by atoms with Gasteiger partial charge in [-0.2, -0.15) is 0 Å². The van der Waals surface area contributed by atoms with E-state index in [-0.39, 0.29) is 29.5 Å². The first-order valence-electron chi connectivity index (χ1n) is 15.6. The van der Waals surface area contributed by atoms with Gasteiger partial charge in [0.05, 0.1) is 37.6 Å². The fourth-order valence-electron chi connectivity index (χ4n) is 6.11. The van der Waals surface area contributed by atoms with E-state index in [9.17, 15) is 14.7 Å². The van der Waals surface area contributed by atoms with Crippen molar-refractivity contribution in [2.24, 2.45) is 0 Å². The van der Waals surface area contributed by atoms with Crippen molar-refractivity contribution in [3.8, 4) is 11.5 Å². The van der Waals surface area contributed by atoms with E-state index in [4.69, 9.17) is 18.9 Å². The Kier molecular flexibility index (Phi) is 9.49. The summed E-state index contributed by atoms with van der Waals surface area (Å²) in [4.78, 5) is 26.8. The second-order valence-corrected chi connectivity index (χ2v) is 11.6. The summed E-state index contributed by atoms with van der Waals surface area (Å²) < 4.78 is 23.4. The molecule has 0 aromatic heterocycles. The van der Waals surface area contributed by atoms with Crippen LogP contribution in [0.1, 0.15) is 44.7 Å². The number of amides is 2. The average molecular weight is 612 g/mol. The predicted molar refractivity (Wildman–Crippen MR) is 172 cm³/mol. The number of hydrogen-bond donors (Lipinski definition) is 3. The van der Waals surface area contributed by atoms with Crippen LogP contribution in [-0.4, -0.2) is 75.3 Å². The first-order valence-corrected chi connectivity index (χ1v) is 15.6. The third-order valence-corrected chi connectivity index (χ3v) is 8.28. The number of fused-ring (bicyclic) bond motifs is 7. The molecule has 4 bridgehead atoms. The molecule has 0 saturated carbocycles. The number of carbonyl (C=O) groups excluding carboxylic acids is 2. The van der Waals surface area contributed by atoms with Crippen LogP contribution in [0.15, 0.2) is 60.7 Å². The molecule has 2 amide bonds. The Morgan fingerprint density at radius 3 is 1.78 bits per heavy atom. The zero-order valence-corrected chi connectivity index (χ0v) is 25.4. The van der Waals surface area contributed by atoms with Crippen molar-refractivity contribution in [1.29, 1.82) is 0 Å². The summed E-state index contributed by atoms with van der Waals surface area (Å²) >= 11 is 0. The largest absolute Gasteiger partial charge is 0.507 e. The lowest BCUT2D eigenvalue weighted by Gasteiger charge is -2.26. The molecule has 0 saturated heterocycles. The van der Waals surface area contributed by atoms with E-state index in [1.165, 1.54) is 0 Å². The maximum absolute atomic E-state index is 13.5. The Morgan fingerprint density at radius 1 is 0.667 bits per heavy atom. The van der Waals surface area contributed by atoms with E-state index < -0.39 is 5.60 Å². The lowest BCUT2D eigenvalue weighted by atomic mass is 9.86. The molecule has 2 aliphatic rings. The van der Waals surface area contributed by atoms with Gasteiger partial charge in [0.1, 0.15) is 17.1 Å². The normalized spacial score (nSPS) is 20.9. The standard InChI is InChI=1S/C36H39N2O7/c1-36-22-30-26-10-4-2-8-24(26)20-28(32(30)39)34(40)37-12-6-14-42-16-18-44-19-17-43-15-7-13-38-35(41)29-21-25-9-3-5-11-27(25)31(23-36)33(29)45-36/h2-5,8-11,20-21,39H,1,6-7,12-19,22-23H2,(H,37,40)(H,38,41). The third kappa shape index (κ3) is 6.91. The van der Waals surface area contributed by atoms with Gasteiger partial charge in [0.2, 0.25) is 0 Å². The van der Waals surface area contributed by atoms with Gasteiger partial charge in [-0.3, -0.25) is 9.59 Å². The SMILES string of the molecule is [CH2]C12Cc3c(O)c(cc4ccccc34)C(=O)NCCCOCCOCCOCCCNC(=O)c3cc4ccccc4c(c3O1)C2. The van der Waals surface area contributed by atoms with Crippen LogP contribution in [0.25, 0.3) is 21.5 Å². The zero-order chi connectivity index (χ0) is 31.2. The number of ether oxygens (including phenoxy) is 4. The number of phenolic OH excluding ortho intramolecular Hbond substituents is 1. The Labute approximate surface area is 262 Å². The molecule has 2 heterocycles. The molecule has 3 N–H and O–H groups in total. The number of hydrogen-bond acceptors (Lipinski definition) is 7. The van der Waals surface area contributed by atoms with Crippen molar-refractivity contribution in [2.75, 3.05) is 52.7 Å². The maximum atomic E-state index is 13.5. The van der Waals surface area contributed by atoms with Crippen molar-refractivity contribution in [2.45, 2.75) is 31.3 Å². The average Bonchev–Trinajstić information content (AvgIpc) is 3.40. The minimum atomic E-state index is -1.03. The molecule has 9 heteroatoms. The number of nitrogens with one attached hydrogen (secondary N) is 2. The lowest BCUT2D eigenvalue weighted by Crippen LogP contribution is -2.34. The molecule has 2 aliphatic heterocycles. The number of benzene rings is 4. The highest BCUT2D eigenvalue weighted by atomic mass is 16.5. The van der Waals surface area contributed by atoms with Crippen molar-refractivity contribution < 1.29 is 33.6 Å². The van der Waals surface area contributed by atoms with Gasteiger partial charge >= 0.3 is 0 Å². The van der Waals surface area contributed by atoms with Crippen LogP contribution in [-0.2, 0) is 27.1 Å². The van der Waals surface area contributed by atoms with Crippen LogP contribution in [0.5, 0.6) is 11.5 Å². The second-order valence-electron chi connectivity index (χ2n) is 11.6. The predicted octanol–water partition coefficient (Wildman–Crippen LogP) is 4.75. The summed E-state index contributed by atoms with van der Waals surface area (Å²) in [6.07, 6.45) is 1.91. The van der Waals surface area contributed by atoms with Crippen molar-refractivity contribution in [3.63, 3.8) is 0 Å². The Bertz CT molecular complexity index is 1700. The van der Waals surface area contributed by atoms with Crippen molar-refractivity contribution >= 4 is 33.4 Å². The fraction of sp³-hybridized carbons (Fsp3) is 0.361. The van der Waals surface area contributed by atoms with Crippen LogP contribution in [0, 0.1) is 6.92 Å². The molecule has 4 aromatic rings. The summed E-state index contributed by atoms with van der Waals surface area (Å²) in [7, 11) is 0. The maximum Gasteiger partial charge on any atom is 0.255 e. The highest BCUT2D eigenvalue weighted by Gasteiger charge is 2.40. The van der Waals surface area contributed by atoms with Gasteiger partial charge in [0.25, 0.3) is 11.8 Å². The zero-order valence-electron chi connectivity index (χ0n) is 25.4. The van der Waals surface area contributed by atoms with Crippen LogP contribution in [0.2, 0.25) is 0 Å². The smallest absolute Gasteiger partial charge is 0.255 e. The number of phenols is 1. The summed E-state index contributed by atoms with van der Waals surface area (Å²) in [5, 5.41) is 21.0. The Balaban J connectivity index is 1.34. The third-order valence-electron chi connectivity index (χ3n) is 8.28. The molecule has 1 unspecified atom stereocenters. The fourth-order valence-corrected chi connectivity index (χ4v) is 6.11. The molecule has 9 nitrogen and oxygen atoms in total. The van der Waals surface area contributed by atoms with E-state index in [2.05, 4.69) is 17.6 Å². The molecule has 6 rings (SSSR count). The van der Waals surface area contributed by atoms with Gasteiger partial charge in [-0.1, -0.05) is 48.5 Å². The molecule has 1 radical (unpaired) electrons. The van der Waals surface area contributed by atoms with E-state index in [1.54, 1.807) is 6.07 Å². The van der Waals surface area contributed by atoms with E-state index in [1.807, 2.05) is 54.6 Å². The van der Waals surface area contributed by atoms with Gasteiger partial charge in [-0.25, -0.2) is 0 Å². The van der Waals surface area contributed by atoms with Gasteiger partial charge in [-0.15, -0.1) is 0 Å². The van der Waals surface area contributed by atoms with Gasteiger partial charge < -0.3 is 34.7 Å². The molecule has 0 spiro atoms. The molecule has 4 aromatic carbocycles. The van der Waals surface area contributed by atoms with Crippen molar-refractivity contribution in [3.05, 3.63) is 89.8 Å². The number of carbonyl (C=O) groups is 2. The van der Waals surface area contributed by atoms with Gasteiger partial charge in [0.15, 0.2) is 0 Å². The van der Waals surface area contributed by atoms with Gasteiger partial charge in [-0.05, 0) is 53.4 Å². The van der Waals surface area contributed by atoms with Crippen LogP contribution in [0.4, 0.5) is 0 Å². The van der Waals surface area contributed by atoms with Crippen LogP contribution < -0.4 is 15.4 Å². The van der Waals surface area contributed by atoms with Crippen LogP contribution >= 0.6 is 0 Å². The monoisotopic (exact) mass is 611 g/mol. The Morgan fingerprint density at radius 2 is 1.16 bits per heavy atom. The van der Waals surface area contributed by atoms with E-state index in [0.29, 0.717) is 88.9 Å². The first kappa shape index (κ1) is 30.8. The lowest BCUT2D eigenvalue weighted by molar-refractivity contribution is 0.0139. The molecule has 235 valence electrons. The topological polar surface area (TPSA) is 115 Å². The summed E-state index contributed by atoms with van der Waals surface area (Å²) in [6.45, 7) is 8.11. The number of aromatic hydroxyl groups is 1. The minimum absolute atomic E-state index is 0.0993. The highest BCUT2D eigenvalue weighted by Crippen LogP contribution is 2.45. The highest BCUT2D eigenvalue weighted by molar-refractivity contribution is 6.04. The van der Waals surface area contributed by atoms with E-state index >= 15 is 0 Å². The summed E-state index contributed by atoms with van der Waals surface area (Å²) in [5.41, 5.74) is 1.08. The molecule has 1 atom stereocenters. The molecule has 45 heavy (non-hydrogen) atoms. The Hall–Kier alpha value is -4.18. The summed E-state index contributed by atoms with van der Waals surface area (Å²) in [5.74, 6) is -0.202. The second kappa shape index (κ2) is 13.9. The van der Waals surface area contributed by atoms with E-state index in [0.717, 1.165) is 27.1 Å².